The summed E-state index contributed by atoms with van der Waals surface area (Å²) in [5.74, 6) is 1.64. The number of carbonyl (C=O) groups excluding carboxylic acids is 1. The van der Waals surface area contributed by atoms with E-state index in [0.29, 0.717) is 29.5 Å². The molecular weight excluding hydrogens is 256 g/mol. The van der Waals surface area contributed by atoms with Crippen LogP contribution < -0.4 is 15.2 Å². The second-order valence-electron chi connectivity index (χ2n) is 5.06. The van der Waals surface area contributed by atoms with E-state index < -0.39 is 0 Å². The van der Waals surface area contributed by atoms with Crippen LogP contribution in [-0.4, -0.2) is 44.7 Å². The number of amides is 1. The number of hydrogen-bond donors (Lipinski definition) is 1. The molecule has 1 atom stereocenters. The number of piperidine rings is 1. The van der Waals surface area contributed by atoms with Crippen molar-refractivity contribution in [2.45, 2.75) is 12.8 Å². The van der Waals surface area contributed by atoms with Crippen molar-refractivity contribution in [3.05, 3.63) is 23.8 Å². The molecule has 5 heteroatoms. The molecule has 1 fully saturated rings. The minimum Gasteiger partial charge on any atom is -0.493 e. The monoisotopic (exact) mass is 278 g/mol. The van der Waals surface area contributed by atoms with E-state index in [1.807, 2.05) is 4.90 Å². The highest BCUT2D eigenvalue weighted by Crippen LogP contribution is 2.28. The number of rotatable bonds is 4. The summed E-state index contributed by atoms with van der Waals surface area (Å²) in [5, 5.41) is 0. The number of methoxy groups -OCH3 is 2. The Kier molecular flexibility index (Phi) is 4.84. The summed E-state index contributed by atoms with van der Waals surface area (Å²) in [4.78, 5) is 14.4. The van der Waals surface area contributed by atoms with Crippen molar-refractivity contribution in [2.24, 2.45) is 11.7 Å². The Morgan fingerprint density at radius 2 is 2.10 bits per heavy atom. The van der Waals surface area contributed by atoms with E-state index in [1.165, 1.54) is 0 Å². The summed E-state index contributed by atoms with van der Waals surface area (Å²) in [5.41, 5.74) is 6.34. The molecule has 1 heterocycles. The quantitative estimate of drug-likeness (QED) is 0.907. The molecule has 1 unspecified atom stereocenters. The van der Waals surface area contributed by atoms with Crippen LogP contribution in [0.5, 0.6) is 11.5 Å². The molecule has 1 aliphatic rings. The zero-order valence-corrected chi connectivity index (χ0v) is 12.1. The van der Waals surface area contributed by atoms with Gasteiger partial charge in [-0.1, -0.05) is 0 Å². The molecule has 2 N–H and O–H groups in total. The molecule has 0 aromatic heterocycles. The SMILES string of the molecule is COc1ccc(C(=O)N2CCCC(CN)C2)cc1OC. The van der Waals surface area contributed by atoms with Crippen molar-refractivity contribution in [1.29, 1.82) is 0 Å². The summed E-state index contributed by atoms with van der Waals surface area (Å²) < 4.78 is 10.4. The van der Waals surface area contributed by atoms with Gasteiger partial charge in [-0.3, -0.25) is 4.79 Å². The predicted molar refractivity (Wildman–Crippen MR) is 77.2 cm³/mol. The van der Waals surface area contributed by atoms with Crippen molar-refractivity contribution in [1.82, 2.24) is 4.90 Å². The molecule has 110 valence electrons. The number of ether oxygens (including phenoxy) is 2. The minimum atomic E-state index is 0.0316. The van der Waals surface area contributed by atoms with Crippen LogP contribution in [0.4, 0.5) is 0 Å². The van der Waals surface area contributed by atoms with Gasteiger partial charge in [0.05, 0.1) is 14.2 Å². The summed E-state index contributed by atoms with van der Waals surface area (Å²) in [6.45, 7) is 2.17. The van der Waals surface area contributed by atoms with Crippen molar-refractivity contribution >= 4 is 5.91 Å². The van der Waals surface area contributed by atoms with Crippen LogP contribution >= 0.6 is 0 Å². The van der Waals surface area contributed by atoms with Gasteiger partial charge in [0, 0.05) is 18.7 Å². The molecule has 20 heavy (non-hydrogen) atoms. The predicted octanol–water partition coefficient (Wildman–Crippen LogP) is 1.51. The summed E-state index contributed by atoms with van der Waals surface area (Å²) in [6, 6.07) is 5.26. The fraction of sp³-hybridized carbons (Fsp3) is 0.533. The van der Waals surface area contributed by atoms with Crippen LogP contribution in [-0.2, 0) is 0 Å². The van der Waals surface area contributed by atoms with Gasteiger partial charge in [0.1, 0.15) is 0 Å². The number of likely N-dealkylation sites (tertiary alicyclic amines) is 1. The minimum absolute atomic E-state index is 0.0316. The Morgan fingerprint density at radius 1 is 1.35 bits per heavy atom. The van der Waals surface area contributed by atoms with E-state index in [0.717, 1.165) is 25.9 Å². The van der Waals surface area contributed by atoms with Gasteiger partial charge in [0.25, 0.3) is 5.91 Å². The van der Waals surface area contributed by atoms with Crippen molar-refractivity contribution in [2.75, 3.05) is 33.9 Å². The van der Waals surface area contributed by atoms with Crippen LogP contribution in [0.3, 0.4) is 0 Å². The Bertz CT molecular complexity index is 476. The molecule has 1 aromatic carbocycles. The highest BCUT2D eigenvalue weighted by molar-refractivity contribution is 5.95. The summed E-state index contributed by atoms with van der Waals surface area (Å²) >= 11 is 0. The van der Waals surface area contributed by atoms with E-state index in [4.69, 9.17) is 15.2 Å². The second kappa shape index (κ2) is 6.61. The van der Waals surface area contributed by atoms with Gasteiger partial charge in [0.2, 0.25) is 0 Å². The van der Waals surface area contributed by atoms with Crippen LogP contribution in [0.25, 0.3) is 0 Å². The Labute approximate surface area is 119 Å². The van der Waals surface area contributed by atoms with Gasteiger partial charge in [-0.05, 0) is 43.5 Å². The Balaban J connectivity index is 2.16. The van der Waals surface area contributed by atoms with Crippen molar-refractivity contribution in [3.8, 4) is 11.5 Å². The number of nitrogens with zero attached hydrogens (tertiary/aromatic N) is 1. The van der Waals surface area contributed by atoms with Crippen LogP contribution in [0.1, 0.15) is 23.2 Å². The first-order valence-electron chi connectivity index (χ1n) is 6.91. The first kappa shape index (κ1) is 14.7. The highest BCUT2D eigenvalue weighted by atomic mass is 16.5. The Morgan fingerprint density at radius 3 is 2.75 bits per heavy atom. The molecular formula is C15H22N2O3. The van der Waals surface area contributed by atoms with Gasteiger partial charge >= 0.3 is 0 Å². The lowest BCUT2D eigenvalue weighted by Gasteiger charge is -2.32. The van der Waals surface area contributed by atoms with Crippen LogP contribution in [0.15, 0.2) is 18.2 Å². The first-order valence-corrected chi connectivity index (χ1v) is 6.91. The molecule has 1 amide bonds. The van der Waals surface area contributed by atoms with Crippen LogP contribution in [0.2, 0.25) is 0 Å². The number of benzene rings is 1. The van der Waals surface area contributed by atoms with E-state index >= 15 is 0 Å². The van der Waals surface area contributed by atoms with Gasteiger partial charge < -0.3 is 20.1 Å². The van der Waals surface area contributed by atoms with Gasteiger partial charge in [-0.15, -0.1) is 0 Å². The Hall–Kier alpha value is -1.75. The van der Waals surface area contributed by atoms with Gasteiger partial charge in [-0.25, -0.2) is 0 Å². The number of carbonyl (C=O) groups is 1. The fourth-order valence-corrected chi connectivity index (χ4v) is 2.59. The average molecular weight is 278 g/mol. The summed E-state index contributed by atoms with van der Waals surface area (Å²) in [6.07, 6.45) is 2.12. The zero-order chi connectivity index (χ0) is 14.5. The normalized spacial score (nSPS) is 18.8. The largest absolute Gasteiger partial charge is 0.493 e. The third-order valence-electron chi connectivity index (χ3n) is 3.77. The topological polar surface area (TPSA) is 64.8 Å². The molecule has 1 aliphatic heterocycles. The number of nitrogens with two attached hydrogens (primary N) is 1. The highest BCUT2D eigenvalue weighted by Gasteiger charge is 2.24. The molecule has 0 bridgehead atoms. The standard InChI is InChI=1S/C15H22N2O3/c1-19-13-6-5-12(8-14(13)20-2)15(18)17-7-3-4-11(9-16)10-17/h5-6,8,11H,3-4,7,9-10,16H2,1-2H3. The van der Waals surface area contributed by atoms with Crippen LogP contribution in [0, 0.1) is 5.92 Å². The molecule has 5 nitrogen and oxygen atoms in total. The van der Waals surface area contributed by atoms with E-state index in [9.17, 15) is 4.79 Å². The lowest BCUT2D eigenvalue weighted by molar-refractivity contribution is 0.0678. The van der Waals surface area contributed by atoms with Crippen molar-refractivity contribution in [3.63, 3.8) is 0 Å². The molecule has 1 saturated heterocycles. The van der Waals surface area contributed by atoms with E-state index in [1.54, 1.807) is 32.4 Å². The summed E-state index contributed by atoms with van der Waals surface area (Å²) in [7, 11) is 3.15. The third kappa shape index (κ3) is 3.04. The first-order chi connectivity index (χ1) is 9.69. The zero-order valence-electron chi connectivity index (χ0n) is 12.1. The van der Waals surface area contributed by atoms with Gasteiger partial charge in [-0.2, -0.15) is 0 Å². The maximum Gasteiger partial charge on any atom is 0.254 e. The second-order valence-corrected chi connectivity index (χ2v) is 5.06. The molecule has 2 rings (SSSR count). The molecule has 0 saturated carbocycles. The lowest BCUT2D eigenvalue weighted by atomic mass is 9.97. The maximum atomic E-state index is 12.5. The molecule has 0 spiro atoms. The van der Waals surface area contributed by atoms with E-state index in [-0.39, 0.29) is 5.91 Å². The fourth-order valence-electron chi connectivity index (χ4n) is 2.59. The average Bonchev–Trinajstić information content (AvgIpc) is 2.53. The maximum absolute atomic E-state index is 12.5. The smallest absolute Gasteiger partial charge is 0.254 e. The molecule has 0 radical (unpaired) electrons. The van der Waals surface area contributed by atoms with Crippen molar-refractivity contribution < 1.29 is 14.3 Å². The molecule has 0 aliphatic carbocycles. The van der Waals surface area contributed by atoms with E-state index in [2.05, 4.69) is 0 Å². The number of hydrogen-bond acceptors (Lipinski definition) is 4. The van der Waals surface area contributed by atoms with Gasteiger partial charge in [0.15, 0.2) is 11.5 Å². The lowest BCUT2D eigenvalue weighted by Crippen LogP contribution is -2.42. The molecule has 1 aromatic rings. The third-order valence-corrected chi connectivity index (χ3v) is 3.77.